The largest absolute Gasteiger partial charge is 0.416 e. The van der Waals surface area contributed by atoms with Crippen LogP contribution in [-0.2, 0) is 6.18 Å². The maximum atomic E-state index is 12.4. The highest BCUT2D eigenvalue weighted by atomic mass is 79.9. The van der Waals surface area contributed by atoms with E-state index in [4.69, 9.17) is 0 Å². The highest BCUT2D eigenvalue weighted by Crippen LogP contribution is 2.34. The average Bonchev–Trinajstić information content (AvgIpc) is 2.58. The molecule has 0 saturated carbocycles. The van der Waals surface area contributed by atoms with Crippen molar-refractivity contribution in [2.45, 2.75) is 13.1 Å². The molecular weight excluding hydrogens is 315 g/mol. The molecule has 0 radical (unpaired) electrons. The molecular formula is C11H7BrF3NS. The Balaban J connectivity index is 2.36. The van der Waals surface area contributed by atoms with Crippen molar-refractivity contribution in [1.29, 1.82) is 0 Å². The minimum atomic E-state index is -4.29. The van der Waals surface area contributed by atoms with Gasteiger partial charge in [-0.3, -0.25) is 0 Å². The van der Waals surface area contributed by atoms with Gasteiger partial charge in [-0.15, -0.1) is 11.3 Å². The number of alkyl halides is 3. The molecule has 6 heteroatoms. The van der Waals surface area contributed by atoms with Crippen LogP contribution >= 0.6 is 27.3 Å². The van der Waals surface area contributed by atoms with E-state index in [1.807, 2.05) is 6.92 Å². The van der Waals surface area contributed by atoms with E-state index in [0.29, 0.717) is 10.6 Å². The SMILES string of the molecule is Cc1nc(-c2ccc(C(F)(F)F)cc2)sc1Br. The molecule has 0 saturated heterocycles. The molecule has 1 aromatic heterocycles. The van der Waals surface area contributed by atoms with E-state index in [0.717, 1.165) is 21.6 Å². The predicted octanol–water partition coefficient (Wildman–Crippen LogP) is 4.90. The number of hydrogen-bond donors (Lipinski definition) is 0. The molecule has 1 nitrogen and oxygen atoms in total. The minimum absolute atomic E-state index is 0.645. The molecule has 0 N–H and O–H groups in total. The van der Waals surface area contributed by atoms with Crippen molar-refractivity contribution in [3.05, 3.63) is 39.3 Å². The van der Waals surface area contributed by atoms with E-state index in [1.54, 1.807) is 0 Å². The van der Waals surface area contributed by atoms with Gasteiger partial charge in [-0.05, 0) is 35.0 Å². The number of thiazole rings is 1. The number of rotatable bonds is 1. The van der Waals surface area contributed by atoms with E-state index in [1.165, 1.54) is 23.5 Å². The lowest BCUT2D eigenvalue weighted by molar-refractivity contribution is -0.137. The van der Waals surface area contributed by atoms with Crippen LogP contribution in [0.5, 0.6) is 0 Å². The summed E-state index contributed by atoms with van der Waals surface area (Å²) in [5.41, 5.74) is 0.885. The second-order valence-electron chi connectivity index (χ2n) is 3.45. The lowest BCUT2D eigenvalue weighted by Gasteiger charge is -2.06. The third-order valence-corrected chi connectivity index (χ3v) is 4.25. The van der Waals surface area contributed by atoms with Crippen LogP contribution in [0.3, 0.4) is 0 Å². The Labute approximate surface area is 108 Å². The number of aryl methyl sites for hydroxylation is 1. The van der Waals surface area contributed by atoms with Crippen LogP contribution in [0.4, 0.5) is 13.2 Å². The summed E-state index contributed by atoms with van der Waals surface area (Å²) < 4.78 is 38.0. The zero-order chi connectivity index (χ0) is 12.6. The molecule has 1 aromatic carbocycles. The van der Waals surface area contributed by atoms with E-state index >= 15 is 0 Å². The predicted molar refractivity (Wildman–Crippen MR) is 65.0 cm³/mol. The van der Waals surface area contributed by atoms with Crippen molar-refractivity contribution in [3.63, 3.8) is 0 Å². The lowest BCUT2D eigenvalue weighted by atomic mass is 10.1. The standard InChI is InChI=1S/C11H7BrF3NS/c1-6-9(12)17-10(16-6)7-2-4-8(5-3-7)11(13,14)15/h2-5H,1H3. The van der Waals surface area contributed by atoms with Crippen LogP contribution < -0.4 is 0 Å². The van der Waals surface area contributed by atoms with Gasteiger partial charge in [0.1, 0.15) is 5.01 Å². The summed E-state index contributed by atoms with van der Waals surface area (Å²) in [6, 6.07) is 5.01. The van der Waals surface area contributed by atoms with Crippen molar-refractivity contribution in [3.8, 4) is 10.6 Å². The molecule has 0 spiro atoms. The normalized spacial score (nSPS) is 11.8. The Morgan fingerprint density at radius 3 is 2.18 bits per heavy atom. The molecule has 0 atom stereocenters. The molecule has 0 bridgehead atoms. The smallest absolute Gasteiger partial charge is 0.240 e. The maximum Gasteiger partial charge on any atom is 0.416 e. The summed E-state index contributed by atoms with van der Waals surface area (Å²) in [6.07, 6.45) is -4.29. The van der Waals surface area contributed by atoms with Gasteiger partial charge in [0, 0.05) is 5.56 Å². The van der Waals surface area contributed by atoms with Crippen molar-refractivity contribution in [2.24, 2.45) is 0 Å². The fourth-order valence-corrected chi connectivity index (χ4v) is 2.65. The first-order chi connectivity index (χ1) is 7.88. The highest BCUT2D eigenvalue weighted by molar-refractivity contribution is 9.11. The Bertz CT molecular complexity index is 511. The lowest BCUT2D eigenvalue weighted by Crippen LogP contribution is -2.03. The third-order valence-electron chi connectivity index (χ3n) is 2.20. The third kappa shape index (κ3) is 2.69. The second kappa shape index (κ2) is 4.42. The zero-order valence-electron chi connectivity index (χ0n) is 8.68. The van der Waals surface area contributed by atoms with Crippen LogP contribution in [-0.4, -0.2) is 4.98 Å². The Kier molecular flexibility index (Phi) is 3.27. The van der Waals surface area contributed by atoms with E-state index in [-0.39, 0.29) is 0 Å². The van der Waals surface area contributed by atoms with Crippen LogP contribution in [0.15, 0.2) is 28.1 Å². The molecule has 0 aliphatic carbocycles. The summed E-state index contributed by atoms with van der Waals surface area (Å²) in [5, 5.41) is 0.711. The zero-order valence-corrected chi connectivity index (χ0v) is 11.1. The molecule has 0 fully saturated rings. The van der Waals surface area contributed by atoms with E-state index < -0.39 is 11.7 Å². The Morgan fingerprint density at radius 2 is 1.76 bits per heavy atom. The molecule has 17 heavy (non-hydrogen) atoms. The van der Waals surface area contributed by atoms with Gasteiger partial charge in [0.05, 0.1) is 15.0 Å². The molecule has 0 unspecified atom stereocenters. The van der Waals surface area contributed by atoms with Crippen LogP contribution in [0.1, 0.15) is 11.3 Å². The number of nitrogens with zero attached hydrogens (tertiary/aromatic N) is 1. The van der Waals surface area contributed by atoms with Gasteiger partial charge >= 0.3 is 6.18 Å². The second-order valence-corrected chi connectivity index (χ2v) is 5.77. The molecule has 1 heterocycles. The average molecular weight is 322 g/mol. The fraction of sp³-hybridized carbons (Fsp3) is 0.182. The fourth-order valence-electron chi connectivity index (χ4n) is 1.30. The first-order valence-corrected chi connectivity index (χ1v) is 6.29. The van der Waals surface area contributed by atoms with Crippen molar-refractivity contribution >= 4 is 27.3 Å². The van der Waals surface area contributed by atoms with Crippen LogP contribution in [0.2, 0.25) is 0 Å². The summed E-state index contributed by atoms with van der Waals surface area (Å²) >= 11 is 4.74. The molecule has 2 rings (SSSR count). The molecule has 2 aromatic rings. The number of halogens is 4. The summed E-state index contributed by atoms with van der Waals surface area (Å²) in [6.45, 7) is 1.84. The van der Waals surface area contributed by atoms with Crippen molar-refractivity contribution in [1.82, 2.24) is 4.98 Å². The first kappa shape index (κ1) is 12.6. The number of aromatic nitrogens is 1. The monoisotopic (exact) mass is 321 g/mol. The van der Waals surface area contributed by atoms with Gasteiger partial charge in [0.15, 0.2) is 0 Å². The van der Waals surface area contributed by atoms with Crippen molar-refractivity contribution < 1.29 is 13.2 Å². The van der Waals surface area contributed by atoms with Gasteiger partial charge in [-0.1, -0.05) is 12.1 Å². The molecule has 90 valence electrons. The van der Waals surface area contributed by atoms with Gasteiger partial charge in [-0.25, -0.2) is 4.98 Å². The van der Waals surface area contributed by atoms with Gasteiger partial charge in [0.2, 0.25) is 0 Å². The Morgan fingerprint density at radius 1 is 1.18 bits per heavy atom. The number of benzene rings is 1. The minimum Gasteiger partial charge on any atom is -0.240 e. The quantitative estimate of drug-likeness (QED) is 0.728. The van der Waals surface area contributed by atoms with Gasteiger partial charge in [0.25, 0.3) is 0 Å². The topological polar surface area (TPSA) is 12.9 Å². The summed E-state index contributed by atoms with van der Waals surface area (Å²) in [5.74, 6) is 0. The summed E-state index contributed by atoms with van der Waals surface area (Å²) in [4.78, 5) is 4.26. The van der Waals surface area contributed by atoms with Gasteiger partial charge in [-0.2, -0.15) is 13.2 Å². The van der Waals surface area contributed by atoms with Crippen molar-refractivity contribution in [2.75, 3.05) is 0 Å². The molecule has 0 amide bonds. The first-order valence-electron chi connectivity index (χ1n) is 4.68. The molecule has 0 aliphatic rings. The van der Waals surface area contributed by atoms with E-state index in [9.17, 15) is 13.2 Å². The summed E-state index contributed by atoms with van der Waals surface area (Å²) in [7, 11) is 0. The highest BCUT2D eigenvalue weighted by Gasteiger charge is 2.30. The molecule has 0 aliphatic heterocycles. The van der Waals surface area contributed by atoms with Crippen LogP contribution in [0, 0.1) is 6.92 Å². The van der Waals surface area contributed by atoms with Gasteiger partial charge < -0.3 is 0 Å². The van der Waals surface area contributed by atoms with E-state index in [2.05, 4.69) is 20.9 Å². The Hall–Kier alpha value is -0.880. The van der Waals surface area contributed by atoms with Crippen LogP contribution in [0.25, 0.3) is 10.6 Å². The number of hydrogen-bond acceptors (Lipinski definition) is 2. The maximum absolute atomic E-state index is 12.4.